The van der Waals surface area contributed by atoms with Gasteiger partial charge in [0.05, 0.1) is 21.3 Å². The standard InChI is InChI=1S/C24H23N3O4/c1-15-8-11-21-25-22(16-9-10-19(30-3)20(13-16)31-4)23(27(21)14-15)26-24(28)17-6-5-7-18(12-17)29-2/h5-14H,1-4H3,(H,26,28). The number of amides is 1. The second-order valence-corrected chi connectivity index (χ2v) is 7.00. The molecule has 7 nitrogen and oxygen atoms in total. The van der Waals surface area contributed by atoms with Gasteiger partial charge in [-0.2, -0.15) is 0 Å². The average molecular weight is 417 g/mol. The van der Waals surface area contributed by atoms with Gasteiger partial charge in [0, 0.05) is 17.3 Å². The number of hydrogen-bond donors (Lipinski definition) is 1. The number of hydrogen-bond acceptors (Lipinski definition) is 5. The number of imidazole rings is 1. The maximum absolute atomic E-state index is 13.1. The molecule has 0 aliphatic rings. The number of aromatic nitrogens is 2. The largest absolute Gasteiger partial charge is 0.497 e. The van der Waals surface area contributed by atoms with Crippen LogP contribution in [0.1, 0.15) is 15.9 Å². The van der Waals surface area contributed by atoms with Gasteiger partial charge in [0.2, 0.25) is 0 Å². The number of anilines is 1. The van der Waals surface area contributed by atoms with Crippen LogP contribution >= 0.6 is 0 Å². The summed E-state index contributed by atoms with van der Waals surface area (Å²) in [7, 11) is 4.74. The van der Waals surface area contributed by atoms with Crippen LogP contribution in [0.5, 0.6) is 17.2 Å². The second-order valence-electron chi connectivity index (χ2n) is 7.00. The van der Waals surface area contributed by atoms with Crippen molar-refractivity contribution in [3.8, 4) is 28.5 Å². The molecule has 0 saturated heterocycles. The summed E-state index contributed by atoms with van der Waals surface area (Å²) in [5, 5.41) is 3.03. The van der Waals surface area contributed by atoms with E-state index in [-0.39, 0.29) is 5.91 Å². The summed E-state index contributed by atoms with van der Waals surface area (Å²) < 4.78 is 17.9. The highest BCUT2D eigenvalue weighted by Gasteiger charge is 2.19. The highest BCUT2D eigenvalue weighted by molar-refractivity contribution is 6.06. The zero-order valence-electron chi connectivity index (χ0n) is 17.8. The van der Waals surface area contributed by atoms with E-state index in [1.54, 1.807) is 45.6 Å². The van der Waals surface area contributed by atoms with Crippen LogP contribution in [0.25, 0.3) is 16.9 Å². The van der Waals surface area contributed by atoms with Crippen molar-refractivity contribution in [1.82, 2.24) is 9.38 Å². The van der Waals surface area contributed by atoms with Gasteiger partial charge in [-0.15, -0.1) is 0 Å². The minimum atomic E-state index is -0.260. The number of methoxy groups -OCH3 is 3. The first-order valence-electron chi connectivity index (χ1n) is 9.70. The van der Waals surface area contributed by atoms with Crippen molar-refractivity contribution in [2.45, 2.75) is 6.92 Å². The van der Waals surface area contributed by atoms with E-state index in [0.717, 1.165) is 16.8 Å². The summed E-state index contributed by atoms with van der Waals surface area (Å²) in [4.78, 5) is 17.8. The van der Waals surface area contributed by atoms with Crippen molar-refractivity contribution < 1.29 is 19.0 Å². The van der Waals surface area contributed by atoms with Crippen LogP contribution in [0.3, 0.4) is 0 Å². The molecule has 31 heavy (non-hydrogen) atoms. The van der Waals surface area contributed by atoms with E-state index in [0.29, 0.717) is 34.3 Å². The molecule has 1 N–H and O–H groups in total. The molecule has 2 heterocycles. The Morgan fingerprint density at radius 2 is 1.74 bits per heavy atom. The number of carbonyl (C=O) groups is 1. The first-order valence-corrected chi connectivity index (χ1v) is 9.70. The fourth-order valence-corrected chi connectivity index (χ4v) is 3.40. The monoisotopic (exact) mass is 417 g/mol. The number of rotatable bonds is 6. The Labute approximate surface area is 180 Å². The van der Waals surface area contributed by atoms with Crippen LogP contribution in [0.4, 0.5) is 5.82 Å². The first kappa shape index (κ1) is 20.3. The summed E-state index contributed by atoms with van der Waals surface area (Å²) in [6, 6.07) is 16.4. The number of nitrogens with zero attached hydrogens (tertiary/aromatic N) is 2. The smallest absolute Gasteiger partial charge is 0.256 e. The Balaban J connectivity index is 1.83. The second kappa shape index (κ2) is 8.39. The van der Waals surface area contributed by atoms with Gasteiger partial charge in [0.1, 0.15) is 22.9 Å². The maximum atomic E-state index is 13.1. The lowest BCUT2D eigenvalue weighted by Gasteiger charge is -2.11. The van der Waals surface area contributed by atoms with Crippen molar-refractivity contribution >= 4 is 17.4 Å². The van der Waals surface area contributed by atoms with Crippen LogP contribution in [0, 0.1) is 6.92 Å². The molecule has 0 bridgehead atoms. The lowest BCUT2D eigenvalue weighted by atomic mass is 10.1. The zero-order chi connectivity index (χ0) is 22.0. The average Bonchev–Trinajstić information content (AvgIpc) is 3.15. The molecule has 0 radical (unpaired) electrons. The molecular formula is C24H23N3O4. The summed E-state index contributed by atoms with van der Waals surface area (Å²) in [5.41, 5.74) is 3.67. The predicted molar refractivity (Wildman–Crippen MR) is 119 cm³/mol. The molecule has 4 rings (SSSR count). The molecule has 0 aliphatic heterocycles. The van der Waals surface area contributed by atoms with Gasteiger partial charge < -0.3 is 19.5 Å². The van der Waals surface area contributed by atoms with Crippen molar-refractivity contribution in [3.63, 3.8) is 0 Å². The SMILES string of the molecule is COc1cccc(C(=O)Nc2c(-c3ccc(OC)c(OC)c3)nc3ccc(C)cn23)c1. The fraction of sp³-hybridized carbons (Fsp3) is 0.167. The van der Waals surface area contributed by atoms with Crippen molar-refractivity contribution in [3.05, 3.63) is 71.9 Å². The Kier molecular flexibility index (Phi) is 5.49. The molecular weight excluding hydrogens is 394 g/mol. The molecule has 2 aromatic heterocycles. The molecule has 4 aromatic rings. The predicted octanol–water partition coefficient (Wildman–Crippen LogP) is 4.59. The van der Waals surface area contributed by atoms with Gasteiger partial charge in [-0.05, 0) is 55.0 Å². The summed E-state index contributed by atoms with van der Waals surface area (Å²) in [6.45, 7) is 1.99. The maximum Gasteiger partial charge on any atom is 0.256 e. The van der Waals surface area contributed by atoms with Crippen molar-refractivity contribution in [1.29, 1.82) is 0 Å². The van der Waals surface area contributed by atoms with Crippen LogP contribution in [-0.4, -0.2) is 36.6 Å². The number of pyridine rings is 1. The topological polar surface area (TPSA) is 74.1 Å². The molecule has 0 saturated carbocycles. The Morgan fingerprint density at radius 3 is 2.48 bits per heavy atom. The quantitative estimate of drug-likeness (QED) is 0.497. The highest BCUT2D eigenvalue weighted by atomic mass is 16.5. The summed E-state index contributed by atoms with van der Waals surface area (Å²) >= 11 is 0. The van der Waals surface area contributed by atoms with Gasteiger partial charge in [-0.3, -0.25) is 9.20 Å². The van der Waals surface area contributed by atoms with E-state index >= 15 is 0 Å². The molecule has 0 aliphatic carbocycles. The van der Waals surface area contributed by atoms with Crippen LogP contribution in [0.15, 0.2) is 60.8 Å². The molecule has 7 heteroatoms. The van der Waals surface area contributed by atoms with Crippen LogP contribution in [0.2, 0.25) is 0 Å². The molecule has 0 fully saturated rings. The van der Waals surface area contributed by atoms with E-state index < -0.39 is 0 Å². The summed E-state index contributed by atoms with van der Waals surface area (Å²) in [5.74, 6) is 2.12. The lowest BCUT2D eigenvalue weighted by Crippen LogP contribution is -2.14. The molecule has 0 atom stereocenters. The number of nitrogens with one attached hydrogen (secondary N) is 1. The third kappa shape index (κ3) is 3.90. The molecule has 0 spiro atoms. The molecule has 1 amide bonds. The van der Waals surface area contributed by atoms with Gasteiger partial charge >= 0.3 is 0 Å². The van der Waals surface area contributed by atoms with Gasteiger partial charge in [0.15, 0.2) is 11.5 Å². The number of fused-ring (bicyclic) bond motifs is 1. The molecule has 158 valence electrons. The minimum Gasteiger partial charge on any atom is -0.497 e. The third-order valence-corrected chi connectivity index (χ3v) is 4.99. The first-order chi connectivity index (χ1) is 15.0. The Morgan fingerprint density at radius 1 is 0.935 bits per heavy atom. The summed E-state index contributed by atoms with van der Waals surface area (Å²) in [6.07, 6.45) is 1.94. The zero-order valence-corrected chi connectivity index (χ0v) is 17.8. The highest BCUT2D eigenvalue weighted by Crippen LogP contribution is 2.36. The molecule has 2 aromatic carbocycles. The molecule has 0 unspecified atom stereocenters. The van der Waals surface area contributed by atoms with Crippen molar-refractivity contribution in [2.24, 2.45) is 0 Å². The van der Waals surface area contributed by atoms with E-state index in [9.17, 15) is 4.79 Å². The van der Waals surface area contributed by atoms with E-state index in [1.807, 2.05) is 47.9 Å². The number of carbonyl (C=O) groups excluding carboxylic acids is 1. The van der Waals surface area contributed by atoms with E-state index in [2.05, 4.69) is 5.32 Å². The fourth-order valence-electron chi connectivity index (χ4n) is 3.40. The van der Waals surface area contributed by atoms with Gasteiger partial charge in [0.25, 0.3) is 5.91 Å². The van der Waals surface area contributed by atoms with Gasteiger partial charge in [-0.1, -0.05) is 12.1 Å². The minimum absolute atomic E-state index is 0.260. The number of benzene rings is 2. The Bertz CT molecular complexity index is 1260. The van der Waals surface area contributed by atoms with Crippen molar-refractivity contribution in [2.75, 3.05) is 26.6 Å². The number of aryl methyl sites for hydroxylation is 1. The Hall–Kier alpha value is -4.00. The van der Waals surface area contributed by atoms with E-state index in [4.69, 9.17) is 19.2 Å². The van der Waals surface area contributed by atoms with Gasteiger partial charge in [-0.25, -0.2) is 4.98 Å². The van der Waals surface area contributed by atoms with Crippen LogP contribution < -0.4 is 19.5 Å². The lowest BCUT2D eigenvalue weighted by molar-refractivity contribution is 0.102. The van der Waals surface area contributed by atoms with E-state index in [1.165, 1.54) is 0 Å². The third-order valence-electron chi connectivity index (χ3n) is 4.99. The normalized spacial score (nSPS) is 10.7. The van der Waals surface area contributed by atoms with Crippen LogP contribution in [-0.2, 0) is 0 Å². The number of ether oxygens (including phenoxy) is 3.